The third-order valence-corrected chi connectivity index (χ3v) is 4.40. The largest absolute Gasteiger partial charge is 0.405 e. The van der Waals surface area contributed by atoms with Crippen LogP contribution in [-0.4, -0.2) is 19.4 Å². The van der Waals surface area contributed by atoms with E-state index < -0.39 is 17.3 Å². The molecular formula is C11H8BrCl2F3O2. The predicted molar refractivity (Wildman–Crippen MR) is 68.8 cm³/mol. The first-order valence-electron chi connectivity index (χ1n) is 5.23. The highest BCUT2D eigenvalue weighted by atomic mass is 79.9. The Balaban J connectivity index is 2.41. The lowest BCUT2D eigenvalue weighted by Crippen LogP contribution is -2.16. The second-order valence-electron chi connectivity index (χ2n) is 3.88. The van der Waals surface area contributed by atoms with Gasteiger partial charge >= 0.3 is 6.18 Å². The summed E-state index contributed by atoms with van der Waals surface area (Å²) in [5.41, 5.74) is 0.256. The molecule has 0 spiro atoms. The molecule has 2 nitrogen and oxygen atoms in total. The fourth-order valence-corrected chi connectivity index (χ4v) is 2.37. The van der Waals surface area contributed by atoms with E-state index in [1.807, 2.05) is 0 Å². The monoisotopic (exact) mass is 378 g/mol. The van der Waals surface area contributed by atoms with Crippen LogP contribution < -0.4 is 0 Å². The van der Waals surface area contributed by atoms with Crippen molar-refractivity contribution >= 4 is 39.1 Å². The zero-order chi connectivity index (χ0) is 14.2. The molecule has 0 aliphatic carbocycles. The van der Waals surface area contributed by atoms with Gasteiger partial charge in [0.1, 0.15) is 4.83 Å². The fourth-order valence-electron chi connectivity index (χ4n) is 1.68. The Bertz CT molecular complexity index is 476. The maximum Gasteiger partial charge on any atom is 0.405 e. The van der Waals surface area contributed by atoms with Crippen molar-refractivity contribution in [1.82, 2.24) is 0 Å². The molecule has 1 heterocycles. The average Bonchev–Trinajstić information content (AvgIpc) is 2.83. The van der Waals surface area contributed by atoms with E-state index in [2.05, 4.69) is 15.9 Å². The van der Waals surface area contributed by atoms with Gasteiger partial charge in [-0.05, 0) is 17.7 Å². The number of hydrogen-bond acceptors (Lipinski definition) is 2. The molecule has 0 N–H and O–H groups in total. The predicted octanol–water partition coefficient (Wildman–Crippen LogP) is 5.04. The summed E-state index contributed by atoms with van der Waals surface area (Å²) in [4.78, 5) is -1.82. The number of ether oxygens (including phenoxy) is 2. The molecule has 0 aromatic heterocycles. The number of alkyl halides is 4. The van der Waals surface area contributed by atoms with Crippen molar-refractivity contribution in [1.29, 1.82) is 0 Å². The molecule has 1 aliphatic rings. The van der Waals surface area contributed by atoms with Crippen molar-refractivity contribution < 1.29 is 22.6 Å². The van der Waals surface area contributed by atoms with E-state index in [9.17, 15) is 13.2 Å². The van der Waals surface area contributed by atoms with E-state index in [1.165, 1.54) is 12.1 Å². The summed E-state index contributed by atoms with van der Waals surface area (Å²) in [7, 11) is 0. The lowest BCUT2D eigenvalue weighted by molar-refractivity contribution is -0.128. The van der Waals surface area contributed by atoms with E-state index in [1.54, 1.807) is 0 Å². The van der Waals surface area contributed by atoms with E-state index in [0.29, 0.717) is 18.8 Å². The van der Waals surface area contributed by atoms with Gasteiger partial charge in [-0.15, -0.1) is 0 Å². The van der Waals surface area contributed by atoms with Gasteiger partial charge in [0.2, 0.25) is 0 Å². The van der Waals surface area contributed by atoms with Crippen molar-refractivity contribution in [2.75, 3.05) is 13.2 Å². The third-order valence-electron chi connectivity index (χ3n) is 2.53. The molecule has 1 saturated heterocycles. The maximum atomic E-state index is 12.7. The van der Waals surface area contributed by atoms with Gasteiger partial charge in [0.05, 0.1) is 23.3 Å². The van der Waals surface area contributed by atoms with Crippen LogP contribution in [0.2, 0.25) is 10.0 Å². The van der Waals surface area contributed by atoms with E-state index in [-0.39, 0.29) is 15.6 Å². The van der Waals surface area contributed by atoms with Gasteiger partial charge in [0, 0.05) is 5.56 Å². The van der Waals surface area contributed by atoms with Crippen LogP contribution in [0.25, 0.3) is 0 Å². The summed E-state index contributed by atoms with van der Waals surface area (Å²) < 4.78 is 48.5. The van der Waals surface area contributed by atoms with Gasteiger partial charge < -0.3 is 9.47 Å². The highest BCUT2D eigenvalue weighted by molar-refractivity contribution is 9.09. The minimum atomic E-state index is -4.42. The topological polar surface area (TPSA) is 18.5 Å². The first-order valence-corrected chi connectivity index (χ1v) is 6.90. The SMILES string of the molecule is FC(F)(F)C(Br)c1cc(Cl)c(Cl)c(C2OCCO2)c1. The molecule has 8 heteroatoms. The van der Waals surface area contributed by atoms with Crippen LogP contribution in [0, 0.1) is 0 Å². The molecule has 1 fully saturated rings. The molecule has 1 aromatic carbocycles. The lowest BCUT2D eigenvalue weighted by Gasteiger charge is -2.18. The molecule has 1 unspecified atom stereocenters. The van der Waals surface area contributed by atoms with Crippen molar-refractivity contribution in [2.45, 2.75) is 17.3 Å². The molecule has 0 radical (unpaired) electrons. The second-order valence-corrected chi connectivity index (χ2v) is 5.58. The molecule has 0 saturated carbocycles. The summed E-state index contributed by atoms with van der Waals surface area (Å²) in [6.07, 6.45) is -5.20. The highest BCUT2D eigenvalue weighted by Gasteiger charge is 2.39. The van der Waals surface area contributed by atoms with E-state index >= 15 is 0 Å². The van der Waals surface area contributed by atoms with Crippen LogP contribution in [0.4, 0.5) is 13.2 Å². The zero-order valence-corrected chi connectivity index (χ0v) is 12.4. The second kappa shape index (κ2) is 5.77. The van der Waals surface area contributed by atoms with Crippen LogP contribution in [-0.2, 0) is 9.47 Å². The summed E-state index contributed by atoms with van der Waals surface area (Å²) >= 11 is 14.4. The van der Waals surface area contributed by atoms with Gasteiger partial charge in [-0.25, -0.2) is 0 Å². The molecule has 0 amide bonds. The first kappa shape index (κ1) is 15.4. The van der Waals surface area contributed by atoms with Crippen molar-refractivity contribution in [2.24, 2.45) is 0 Å². The number of halogens is 6. The van der Waals surface area contributed by atoms with E-state index in [0.717, 1.165) is 0 Å². The smallest absolute Gasteiger partial charge is 0.346 e. The van der Waals surface area contributed by atoms with Crippen molar-refractivity contribution in [3.05, 3.63) is 33.3 Å². The number of benzene rings is 1. The Morgan fingerprint density at radius 1 is 1.21 bits per heavy atom. The Morgan fingerprint density at radius 2 is 1.79 bits per heavy atom. The minimum Gasteiger partial charge on any atom is -0.346 e. The molecule has 1 aromatic rings. The maximum absolute atomic E-state index is 12.7. The Morgan fingerprint density at radius 3 is 2.32 bits per heavy atom. The van der Waals surface area contributed by atoms with Gasteiger partial charge in [-0.2, -0.15) is 13.2 Å². The molecule has 1 aliphatic heterocycles. The highest BCUT2D eigenvalue weighted by Crippen LogP contribution is 2.44. The number of hydrogen-bond donors (Lipinski definition) is 0. The number of rotatable bonds is 2. The van der Waals surface area contributed by atoms with Crippen LogP contribution in [0.5, 0.6) is 0 Å². The Hall–Kier alpha value is -0.0100. The van der Waals surface area contributed by atoms with Crippen LogP contribution >= 0.6 is 39.1 Å². The quantitative estimate of drug-likeness (QED) is 0.670. The molecule has 106 valence electrons. The van der Waals surface area contributed by atoms with Crippen LogP contribution in [0.1, 0.15) is 22.2 Å². The van der Waals surface area contributed by atoms with Gasteiger partial charge in [0.15, 0.2) is 6.29 Å². The minimum absolute atomic E-state index is 0.0296. The van der Waals surface area contributed by atoms with Crippen molar-refractivity contribution in [3.63, 3.8) is 0 Å². The Labute approximate surface area is 125 Å². The standard InChI is InChI=1S/C11H8BrCl2F3O2/c12-9(11(15,16)17)5-3-6(8(14)7(13)4-5)10-18-1-2-19-10/h3-4,9-10H,1-2H2. The molecule has 1 atom stereocenters. The third kappa shape index (κ3) is 3.36. The summed E-state index contributed by atoms with van der Waals surface area (Å²) in [6, 6.07) is 2.46. The molecule has 2 rings (SSSR count). The van der Waals surface area contributed by atoms with Crippen molar-refractivity contribution in [3.8, 4) is 0 Å². The molecule has 0 bridgehead atoms. The van der Waals surface area contributed by atoms with Gasteiger partial charge in [-0.1, -0.05) is 39.1 Å². The molecule has 19 heavy (non-hydrogen) atoms. The van der Waals surface area contributed by atoms with Crippen LogP contribution in [0.15, 0.2) is 12.1 Å². The zero-order valence-electron chi connectivity index (χ0n) is 9.31. The first-order chi connectivity index (χ1) is 8.80. The Kier molecular flexibility index (Phi) is 4.67. The summed E-state index contributed by atoms with van der Waals surface area (Å²) in [5, 5.41) is 0.168. The molecular weight excluding hydrogens is 372 g/mol. The summed E-state index contributed by atoms with van der Waals surface area (Å²) in [5.74, 6) is 0. The van der Waals surface area contributed by atoms with Gasteiger partial charge in [0.25, 0.3) is 0 Å². The average molecular weight is 380 g/mol. The lowest BCUT2D eigenvalue weighted by atomic mass is 10.1. The van der Waals surface area contributed by atoms with Crippen LogP contribution in [0.3, 0.4) is 0 Å². The van der Waals surface area contributed by atoms with Gasteiger partial charge in [-0.3, -0.25) is 0 Å². The van der Waals surface area contributed by atoms with E-state index in [4.69, 9.17) is 32.7 Å². The normalized spacial score (nSPS) is 18.8. The summed E-state index contributed by atoms with van der Waals surface area (Å²) in [6.45, 7) is 0.722. The fraction of sp³-hybridized carbons (Fsp3) is 0.455.